The molecular formula is C19H25N2O4S-. The number of carboxylic acids is 1. The van der Waals surface area contributed by atoms with Gasteiger partial charge in [-0.1, -0.05) is 26.2 Å². The highest BCUT2D eigenvalue weighted by Gasteiger charge is 2.34. The lowest BCUT2D eigenvalue weighted by molar-refractivity contribution is -0.313. The van der Waals surface area contributed by atoms with Gasteiger partial charge in [-0.2, -0.15) is 0 Å². The fourth-order valence-electron chi connectivity index (χ4n) is 4.28. The average Bonchev–Trinajstić information content (AvgIpc) is 2.98. The molecule has 2 amide bonds. The molecule has 2 aliphatic carbocycles. The Balaban J connectivity index is 1.85. The van der Waals surface area contributed by atoms with E-state index in [1.807, 2.05) is 0 Å². The molecule has 0 aromatic carbocycles. The van der Waals surface area contributed by atoms with Gasteiger partial charge in [-0.25, -0.2) is 0 Å². The molecule has 7 heteroatoms. The Morgan fingerprint density at radius 1 is 1.19 bits per heavy atom. The summed E-state index contributed by atoms with van der Waals surface area (Å²) in [5.41, 5.74) is 6.96. The molecule has 3 rings (SSSR count). The largest absolute Gasteiger partial charge is 0.550 e. The summed E-state index contributed by atoms with van der Waals surface area (Å²) in [7, 11) is 0. The first-order valence-corrected chi connectivity index (χ1v) is 10.2. The zero-order valence-electron chi connectivity index (χ0n) is 15.0. The summed E-state index contributed by atoms with van der Waals surface area (Å²) < 4.78 is 0. The highest BCUT2D eigenvalue weighted by Crippen LogP contribution is 2.41. The van der Waals surface area contributed by atoms with Crippen molar-refractivity contribution in [2.24, 2.45) is 23.5 Å². The molecule has 1 aromatic rings. The Morgan fingerprint density at radius 3 is 2.50 bits per heavy atom. The molecule has 0 spiro atoms. The minimum Gasteiger partial charge on any atom is -0.550 e. The monoisotopic (exact) mass is 377 g/mol. The number of anilines is 1. The summed E-state index contributed by atoms with van der Waals surface area (Å²) in [6.45, 7) is 2.16. The number of aliphatic carboxylic acids is 1. The van der Waals surface area contributed by atoms with E-state index in [0.29, 0.717) is 29.3 Å². The van der Waals surface area contributed by atoms with Crippen LogP contribution in [-0.4, -0.2) is 17.8 Å². The number of primary amides is 1. The van der Waals surface area contributed by atoms with Crippen LogP contribution in [0.3, 0.4) is 0 Å². The second-order valence-corrected chi connectivity index (χ2v) is 8.50. The van der Waals surface area contributed by atoms with E-state index in [1.54, 1.807) is 0 Å². The minimum absolute atomic E-state index is 0.341. The van der Waals surface area contributed by atoms with Crippen molar-refractivity contribution in [3.63, 3.8) is 0 Å². The van der Waals surface area contributed by atoms with Crippen molar-refractivity contribution >= 4 is 34.1 Å². The Hall–Kier alpha value is -1.89. The van der Waals surface area contributed by atoms with E-state index in [2.05, 4.69) is 12.2 Å². The molecule has 1 saturated carbocycles. The van der Waals surface area contributed by atoms with Crippen molar-refractivity contribution in [1.29, 1.82) is 0 Å². The van der Waals surface area contributed by atoms with Gasteiger partial charge >= 0.3 is 0 Å². The molecule has 1 fully saturated rings. The van der Waals surface area contributed by atoms with Crippen LogP contribution >= 0.6 is 11.3 Å². The van der Waals surface area contributed by atoms with E-state index in [0.717, 1.165) is 49.0 Å². The minimum atomic E-state index is -1.17. The quantitative estimate of drug-likeness (QED) is 0.815. The summed E-state index contributed by atoms with van der Waals surface area (Å²) in [6.07, 6.45) is 6.40. The standard InChI is InChI=1S/C19H26N2O4S/c1-2-10-7-8-13-14(9-10)26-18(15(13)16(20)22)21-17(23)11-5-3-4-6-12(11)19(24)25/h10-12H,2-9H2,1H3,(H2,20,22)(H,21,23)(H,24,25)/p-1/t10-,11+,12+/m1/s1. The lowest BCUT2D eigenvalue weighted by Crippen LogP contribution is -2.42. The molecule has 142 valence electrons. The highest BCUT2D eigenvalue weighted by atomic mass is 32.1. The summed E-state index contributed by atoms with van der Waals surface area (Å²) >= 11 is 1.42. The van der Waals surface area contributed by atoms with Crippen LogP contribution < -0.4 is 16.2 Å². The van der Waals surface area contributed by atoms with Crippen molar-refractivity contribution in [1.82, 2.24) is 0 Å². The molecule has 0 radical (unpaired) electrons. The molecule has 2 aliphatic rings. The van der Waals surface area contributed by atoms with E-state index < -0.39 is 23.7 Å². The normalized spacial score (nSPS) is 25.3. The molecular weight excluding hydrogens is 352 g/mol. The average molecular weight is 377 g/mol. The predicted octanol–water partition coefficient (Wildman–Crippen LogP) is 1.86. The van der Waals surface area contributed by atoms with E-state index >= 15 is 0 Å². The zero-order valence-corrected chi connectivity index (χ0v) is 15.8. The lowest BCUT2D eigenvalue weighted by atomic mass is 9.78. The fourth-order valence-corrected chi connectivity index (χ4v) is 5.65. The maximum absolute atomic E-state index is 12.7. The highest BCUT2D eigenvalue weighted by molar-refractivity contribution is 7.17. The van der Waals surface area contributed by atoms with Crippen molar-refractivity contribution < 1.29 is 19.5 Å². The second kappa shape index (κ2) is 7.78. The summed E-state index contributed by atoms with van der Waals surface area (Å²) in [6, 6.07) is 0. The second-order valence-electron chi connectivity index (χ2n) is 7.39. The van der Waals surface area contributed by atoms with Gasteiger partial charge in [0.2, 0.25) is 5.91 Å². The maximum atomic E-state index is 12.7. The number of nitrogens with two attached hydrogens (primary N) is 1. The molecule has 1 heterocycles. The number of carbonyl (C=O) groups is 3. The smallest absolute Gasteiger partial charge is 0.251 e. The molecule has 3 atom stereocenters. The van der Waals surface area contributed by atoms with Gasteiger partial charge in [-0.05, 0) is 43.6 Å². The Bertz CT molecular complexity index is 727. The lowest BCUT2D eigenvalue weighted by Gasteiger charge is -2.31. The van der Waals surface area contributed by atoms with Crippen molar-refractivity contribution in [2.45, 2.75) is 58.3 Å². The molecule has 6 nitrogen and oxygen atoms in total. The van der Waals surface area contributed by atoms with Crippen LogP contribution in [-0.2, 0) is 22.4 Å². The summed E-state index contributed by atoms with van der Waals surface area (Å²) in [5.74, 6) is -2.83. The number of nitrogens with one attached hydrogen (secondary N) is 1. The van der Waals surface area contributed by atoms with Crippen LogP contribution in [0.4, 0.5) is 5.00 Å². The number of carbonyl (C=O) groups excluding carboxylic acids is 3. The Morgan fingerprint density at radius 2 is 1.88 bits per heavy atom. The van der Waals surface area contributed by atoms with E-state index in [9.17, 15) is 19.5 Å². The zero-order chi connectivity index (χ0) is 18.8. The van der Waals surface area contributed by atoms with E-state index in [4.69, 9.17) is 5.73 Å². The third kappa shape index (κ3) is 3.63. The Labute approximate surface area is 157 Å². The van der Waals surface area contributed by atoms with Gasteiger partial charge in [0, 0.05) is 22.7 Å². The van der Waals surface area contributed by atoms with E-state index in [-0.39, 0.29) is 5.91 Å². The number of hydrogen-bond acceptors (Lipinski definition) is 5. The SMILES string of the molecule is CC[C@@H]1CCc2c(sc(NC(=O)[C@H]3CCCC[C@@H]3C(=O)[O-])c2C(N)=O)C1. The van der Waals surface area contributed by atoms with Gasteiger partial charge < -0.3 is 21.0 Å². The number of rotatable bonds is 5. The maximum Gasteiger partial charge on any atom is 0.251 e. The molecule has 0 unspecified atom stereocenters. The molecule has 1 aromatic heterocycles. The number of fused-ring (bicyclic) bond motifs is 1. The fraction of sp³-hybridized carbons (Fsp3) is 0.632. The van der Waals surface area contributed by atoms with Crippen molar-refractivity contribution in [2.75, 3.05) is 5.32 Å². The number of carboxylic acid groups (broad SMARTS) is 1. The Kier molecular flexibility index (Phi) is 5.65. The van der Waals surface area contributed by atoms with Crippen molar-refractivity contribution in [3.8, 4) is 0 Å². The third-order valence-electron chi connectivity index (χ3n) is 5.83. The summed E-state index contributed by atoms with van der Waals surface area (Å²) in [4.78, 5) is 37.2. The topological polar surface area (TPSA) is 112 Å². The first kappa shape index (κ1) is 18.9. The molecule has 3 N–H and O–H groups in total. The van der Waals surface area contributed by atoms with Crippen LogP contribution in [0.25, 0.3) is 0 Å². The van der Waals surface area contributed by atoms with Gasteiger partial charge in [0.05, 0.1) is 5.56 Å². The third-order valence-corrected chi connectivity index (χ3v) is 7.00. The molecule has 0 aliphatic heterocycles. The van der Waals surface area contributed by atoms with Crippen LogP contribution in [0.15, 0.2) is 0 Å². The van der Waals surface area contributed by atoms with Gasteiger partial charge in [0.25, 0.3) is 5.91 Å². The first-order chi connectivity index (χ1) is 12.4. The first-order valence-electron chi connectivity index (χ1n) is 9.38. The van der Waals surface area contributed by atoms with Gasteiger partial charge in [0.1, 0.15) is 5.00 Å². The van der Waals surface area contributed by atoms with Crippen molar-refractivity contribution in [3.05, 3.63) is 16.0 Å². The van der Waals surface area contributed by atoms with Gasteiger partial charge in [-0.15, -0.1) is 11.3 Å². The number of amides is 2. The number of thiophene rings is 1. The van der Waals surface area contributed by atoms with Gasteiger partial charge in [0.15, 0.2) is 0 Å². The van der Waals surface area contributed by atoms with Crippen LogP contribution in [0.2, 0.25) is 0 Å². The molecule has 0 bridgehead atoms. The van der Waals surface area contributed by atoms with Crippen LogP contribution in [0, 0.1) is 17.8 Å². The summed E-state index contributed by atoms with van der Waals surface area (Å²) in [5, 5.41) is 14.7. The van der Waals surface area contributed by atoms with E-state index in [1.165, 1.54) is 11.3 Å². The van der Waals surface area contributed by atoms with Gasteiger partial charge in [-0.3, -0.25) is 9.59 Å². The predicted molar refractivity (Wildman–Crippen MR) is 97.7 cm³/mol. The molecule has 0 saturated heterocycles. The van der Waals surface area contributed by atoms with Crippen LogP contribution in [0.5, 0.6) is 0 Å². The number of hydrogen-bond donors (Lipinski definition) is 2. The van der Waals surface area contributed by atoms with Crippen LogP contribution in [0.1, 0.15) is 66.2 Å². The molecule has 26 heavy (non-hydrogen) atoms.